The maximum atomic E-state index is 13.7. The predicted molar refractivity (Wildman–Crippen MR) is 124 cm³/mol. The molecular weight excluding hydrogens is 400 g/mol. The van der Waals surface area contributed by atoms with Crippen LogP contribution in [0.5, 0.6) is 5.75 Å². The van der Waals surface area contributed by atoms with E-state index in [0.717, 1.165) is 74.3 Å². The quantitative estimate of drug-likeness (QED) is 0.618. The number of para-hydroxylation sites is 1. The summed E-state index contributed by atoms with van der Waals surface area (Å²) in [6.07, 6.45) is 9.58. The summed E-state index contributed by atoms with van der Waals surface area (Å²) in [4.78, 5) is 30.5. The lowest BCUT2D eigenvalue weighted by molar-refractivity contribution is -0.157. The van der Waals surface area contributed by atoms with Crippen LogP contribution in [0.3, 0.4) is 0 Å². The SMILES string of the molecule is Cc1ccccc1OCCCC(=O)N1CCCN(C(=O)C23CC4CC(CC(C4)C2)C3)CC1. The molecule has 0 N–H and O–H groups in total. The monoisotopic (exact) mass is 438 g/mol. The molecule has 0 radical (unpaired) electrons. The Labute approximate surface area is 192 Å². The minimum atomic E-state index is -0.0686. The van der Waals surface area contributed by atoms with Crippen molar-refractivity contribution in [2.75, 3.05) is 32.8 Å². The Hall–Kier alpha value is -2.04. The lowest BCUT2D eigenvalue weighted by Crippen LogP contribution is -2.55. The maximum absolute atomic E-state index is 13.7. The number of hydrogen-bond acceptors (Lipinski definition) is 3. The molecule has 5 fully saturated rings. The van der Waals surface area contributed by atoms with Crippen molar-refractivity contribution in [2.45, 2.75) is 64.7 Å². The van der Waals surface area contributed by atoms with Crippen LogP contribution in [-0.4, -0.2) is 54.4 Å². The molecule has 5 nitrogen and oxygen atoms in total. The number of nitrogens with zero attached hydrogens (tertiary/aromatic N) is 2. The average molecular weight is 439 g/mol. The fourth-order valence-corrected chi connectivity index (χ4v) is 7.36. The molecule has 1 aromatic carbocycles. The number of hydrogen-bond donors (Lipinski definition) is 0. The van der Waals surface area contributed by atoms with Crippen molar-refractivity contribution >= 4 is 11.8 Å². The molecule has 4 saturated carbocycles. The van der Waals surface area contributed by atoms with Gasteiger partial charge in [0.2, 0.25) is 11.8 Å². The van der Waals surface area contributed by atoms with Gasteiger partial charge < -0.3 is 14.5 Å². The van der Waals surface area contributed by atoms with Gasteiger partial charge in [-0.1, -0.05) is 18.2 Å². The van der Waals surface area contributed by atoms with Gasteiger partial charge in [-0.25, -0.2) is 0 Å². The van der Waals surface area contributed by atoms with E-state index in [-0.39, 0.29) is 11.3 Å². The Balaban J connectivity index is 1.10. The highest BCUT2D eigenvalue weighted by Crippen LogP contribution is 2.60. The fraction of sp³-hybridized carbons (Fsp3) is 0.704. The summed E-state index contributed by atoms with van der Waals surface area (Å²) in [5.41, 5.74) is 1.05. The van der Waals surface area contributed by atoms with E-state index in [1.807, 2.05) is 36.1 Å². The fourth-order valence-electron chi connectivity index (χ4n) is 7.36. The van der Waals surface area contributed by atoms with Crippen LogP contribution in [0.15, 0.2) is 24.3 Å². The van der Waals surface area contributed by atoms with Gasteiger partial charge in [-0.15, -0.1) is 0 Å². The second-order valence-electron chi connectivity index (χ2n) is 10.9. The highest BCUT2D eigenvalue weighted by molar-refractivity contribution is 5.83. The minimum absolute atomic E-state index is 0.0686. The molecule has 4 bridgehead atoms. The molecule has 1 aliphatic heterocycles. The average Bonchev–Trinajstić information content (AvgIpc) is 3.02. The van der Waals surface area contributed by atoms with Crippen LogP contribution >= 0.6 is 0 Å². The normalized spacial score (nSPS) is 31.5. The third-order valence-corrected chi connectivity index (χ3v) is 8.51. The number of benzene rings is 1. The number of rotatable bonds is 6. The first-order valence-electron chi connectivity index (χ1n) is 12.8. The predicted octanol–water partition coefficient (Wildman–Crippen LogP) is 4.43. The number of carbonyl (C=O) groups is 2. The molecule has 4 aliphatic carbocycles. The number of aryl methyl sites for hydroxylation is 1. The summed E-state index contributed by atoms with van der Waals surface area (Å²) in [5, 5.41) is 0. The molecule has 0 unspecified atom stereocenters. The zero-order chi connectivity index (χ0) is 22.1. The minimum Gasteiger partial charge on any atom is -0.493 e. The first kappa shape index (κ1) is 21.8. The van der Waals surface area contributed by atoms with Crippen LogP contribution in [0.4, 0.5) is 0 Å². The summed E-state index contributed by atoms with van der Waals surface area (Å²) in [7, 11) is 0. The molecule has 1 saturated heterocycles. The summed E-state index contributed by atoms with van der Waals surface area (Å²) >= 11 is 0. The lowest BCUT2D eigenvalue weighted by atomic mass is 9.49. The van der Waals surface area contributed by atoms with E-state index in [2.05, 4.69) is 4.90 Å². The van der Waals surface area contributed by atoms with Gasteiger partial charge in [-0.2, -0.15) is 0 Å². The summed E-state index contributed by atoms with van der Waals surface area (Å²) in [5.74, 6) is 3.88. The van der Waals surface area contributed by atoms with Crippen molar-refractivity contribution in [2.24, 2.45) is 23.2 Å². The topological polar surface area (TPSA) is 49.9 Å². The van der Waals surface area contributed by atoms with Crippen molar-refractivity contribution < 1.29 is 14.3 Å². The molecule has 32 heavy (non-hydrogen) atoms. The third kappa shape index (κ3) is 4.40. The Bertz CT molecular complexity index is 816. The Kier molecular flexibility index (Phi) is 6.18. The Morgan fingerprint density at radius 2 is 1.56 bits per heavy atom. The standard InChI is InChI=1S/C27H38N2O3/c1-20-6-2-3-7-24(20)32-13-4-8-25(30)28-9-5-10-29(12-11-28)26(31)27-17-21-14-22(18-27)16-23(15-21)19-27/h2-3,6-7,21-23H,4-5,8-19H2,1H3. The van der Waals surface area contributed by atoms with E-state index in [1.165, 1.54) is 19.3 Å². The van der Waals surface area contributed by atoms with Crippen molar-refractivity contribution in [1.82, 2.24) is 9.80 Å². The molecule has 174 valence electrons. The molecule has 1 heterocycles. The van der Waals surface area contributed by atoms with Crippen LogP contribution in [0.1, 0.15) is 63.4 Å². The van der Waals surface area contributed by atoms with Crippen molar-refractivity contribution in [3.8, 4) is 5.75 Å². The number of ether oxygens (including phenoxy) is 1. The molecule has 0 atom stereocenters. The van der Waals surface area contributed by atoms with Gasteiger partial charge in [0.1, 0.15) is 5.75 Å². The maximum Gasteiger partial charge on any atom is 0.228 e. The van der Waals surface area contributed by atoms with Crippen LogP contribution < -0.4 is 4.74 Å². The second kappa shape index (κ2) is 9.07. The summed E-state index contributed by atoms with van der Waals surface area (Å²) in [6.45, 7) is 5.54. The molecular formula is C27H38N2O3. The molecule has 6 rings (SSSR count). The molecule has 0 spiro atoms. The smallest absolute Gasteiger partial charge is 0.228 e. The van der Waals surface area contributed by atoms with Crippen LogP contribution in [-0.2, 0) is 9.59 Å². The first-order valence-corrected chi connectivity index (χ1v) is 12.8. The molecule has 5 heteroatoms. The third-order valence-electron chi connectivity index (χ3n) is 8.51. The highest BCUT2D eigenvalue weighted by atomic mass is 16.5. The summed E-state index contributed by atoms with van der Waals surface area (Å²) in [6, 6.07) is 7.99. The van der Waals surface area contributed by atoms with Crippen molar-refractivity contribution in [3.63, 3.8) is 0 Å². The van der Waals surface area contributed by atoms with Gasteiger partial charge in [0.15, 0.2) is 0 Å². The zero-order valence-electron chi connectivity index (χ0n) is 19.6. The largest absolute Gasteiger partial charge is 0.493 e. The number of amides is 2. The van der Waals surface area contributed by atoms with Crippen LogP contribution in [0.25, 0.3) is 0 Å². The van der Waals surface area contributed by atoms with E-state index < -0.39 is 0 Å². The summed E-state index contributed by atoms with van der Waals surface area (Å²) < 4.78 is 5.84. The van der Waals surface area contributed by atoms with Crippen LogP contribution in [0, 0.1) is 30.1 Å². The van der Waals surface area contributed by atoms with Gasteiger partial charge in [0, 0.05) is 32.6 Å². The molecule has 5 aliphatic rings. The molecule has 1 aromatic rings. The van der Waals surface area contributed by atoms with Gasteiger partial charge in [0.25, 0.3) is 0 Å². The molecule has 2 amide bonds. The van der Waals surface area contributed by atoms with E-state index in [1.54, 1.807) is 0 Å². The van der Waals surface area contributed by atoms with E-state index in [0.29, 0.717) is 32.0 Å². The van der Waals surface area contributed by atoms with Gasteiger partial charge in [0.05, 0.1) is 12.0 Å². The van der Waals surface area contributed by atoms with Crippen LogP contribution in [0.2, 0.25) is 0 Å². The van der Waals surface area contributed by atoms with E-state index >= 15 is 0 Å². The Morgan fingerprint density at radius 3 is 2.25 bits per heavy atom. The lowest BCUT2D eigenvalue weighted by Gasteiger charge is -2.56. The zero-order valence-corrected chi connectivity index (χ0v) is 19.6. The van der Waals surface area contributed by atoms with Gasteiger partial charge in [-0.05, 0) is 87.7 Å². The first-order chi connectivity index (χ1) is 15.5. The van der Waals surface area contributed by atoms with Gasteiger partial charge in [-0.3, -0.25) is 9.59 Å². The second-order valence-corrected chi connectivity index (χ2v) is 10.9. The van der Waals surface area contributed by atoms with Crippen molar-refractivity contribution in [1.29, 1.82) is 0 Å². The highest BCUT2D eigenvalue weighted by Gasteiger charge is 2.55. The van der Waals surface area contributed by atoms with E-state index in [4.69, 9.17) is 4.74 Å². The van der Waals surface area contributed by atoms with Gasteiger partial charge >= 0.3 is 0 Å². The number of carbonyl (C=O) groups excluding carboxylic acids is 2. The van der Waals surface area contributed by atoms with Crippen molar-refractivity contribution in [3.05, 3.63) is 29.8 Å². The Morgan fingerprint density at radius 1 is 0.938 bits per heavy atom. The molecule has 0 aromatic heterocycles. The van der Waals surface area contributed by atoms with E-state index in [9.17, 15) is 9.59 Å².